The molecule has 0 bridgehead atoms. The van der Waals surface area contributed by atoms with Crippen LogP contribution >= 0.6 is 23.1 Å². The molecule has 0 spiro atoms. The zero-order chi connectivity index (χ0) is 13.9. The molecule has 2 aromatic heterocycles. The fraction of sp³-hybridized carbons (Fsp3) is 0.143. The van der Waals surface area contributed by atoms with Gasteiger partial charge in [-0.1, -0.05) is 12.1 Å². The fourth-order valence-electron chi connectivity index (χ4n) is 1.75. The van der Waals surface area contributed by atoms with Gasteiger partial charge in [-0.3, -0.25) is 0 Å². The molecule has 0 atom stereocenters. The van der Waals surface area contributed by atoms with Gasteiger partial charge in [0.1, 0.15) is 0 Å². The summed E-state index contributed by atoms with van der Waals surface area (Å²) in [5, 5.41) is 10.1. The molecule has 2 heterocycles. The van der Waals surface area contributed by atoms with Crippen molar-refractivity contribution in [2.75, 3.05) is 5.73 Å². The van der Waals surface area contributed by atoms with E-state index >= 15 is 0 Å². The fourth-order valence-corrected chi connectivity index (χ4v) is 3.18. The van der Waals surface area contributed by atoms with E-state index in [-0.39, 0.29) is 0 Å². The highest BCUT2D eigenvalue weighted by Gasteiger charge is 2.10. The molecule has 3 aromatic rings. The topological polar surface area (TPSA) is 64.9 Å². The predicted octanol–water partition coefficient (Wildman–Crippen LogP) is 3.98. The number of nitrogen functional groups attached to an aromatic ring is 1. The summed E-state index contributed by atoms with van der Waals surface area (Å²) in [6.07, 6.45) is 0. The van der Waals surface area contributed by atoms with Gasteiger partial charge in [0, 0.05) is 10.6 Å². The van der Waals surface area contributed by atoms with Gasteiger partial charge in [0.15, 0.2) is 0 Å². The number of thiophene rings is 1. The van der Waals surface area contributed by atoms with Crippen LogP contribution in [0.5, 0.6) is 0 Å². The number of rotatable bonds is 4. The lowest BCUT2D eigenvalue weighted by Crippen LogP contribution is -1.90. The molecule has 0 unspecified atom stereocenters. The van der Waals surface area contributed by atoms with Crippen LogP contribution in [-0.2, 0) is 5.75 Å². The molecule has 4 nitrogen and oxygen atoms in total. The lowest BCUT2D eigenvalue weighted by Gasteiger charge is -2.04. The summed E-state index contributed by atoms with van der Waals surface area (Å²) in [7, 11) is 0. The van der Waals surface area contributed by atoms with Crippen molar-refractivity contribution >= 4 is 28.8 Å². The summed E-state index contributed by atoms with van der Waals surface area (Å²) in [6, 6.07) is 9.96. The maximum atomic E-state index is 5.98. The molecule has 0 aliphatic heterocycles. The van der Waals surface area contributed by atoms with Gasteiger partial charge in [-0.05, 0) is 36.1 Å². The minimum atomic E-state index is 0.576. The van der Waals surface area contributed by atoms with Gasteiger partial charge in [0.05, 0.1) is 10.6 Å². The first kappa shape index (κ1) is 13.2. The number of anilines is 1. The van der Waals surface area contributed by atoms with Gasteiger partial charge in [-0.2, -0.15) is 0 Å². The predicted molar refractivity (Wildman–Crippen MR) is 82.8 cm³/mol. The van der Waals surface area contributed by atoms with Crippen molar-refractivity contribution in [3.8, 4) is 10.8 Å². The van der Waals surface area contributed by atoms with Gasteiger partial charge in [0.25, 0.3) is 5.89 Å². The maximum Gasteiger partial charge on any atom is 0.257 e. The van der Waals surface area contributed by atoms with Gasteiger partial charge in [0.2, 0.25) is 5.89 Å². The molecule has 0 fully saturated rings. The van der Waals surface area contributed by atoms with Crippen molar-refractivity contribution in [3.05, 3.63) is 47.2 Å². The Bertz CT molecular complexity index is 707. The van der Waals surface area contributed by atoms with Crippen LogP contribution in [0.1, 0.15) is 11.5 Å². The Balaban J connectivity index is 1.70. The molecule has 0 saturated carbocycles. The minimum absolute atomic E-state index is 0.576. The smallest absolute Gasteiger partial charge is 0.257 e. The highest BCUT2D eigenvalue weighted by molar-refractivity contribution is 7.98. The second kappa shape index (κ2) is 5.68. The summed E-state index contributed by atoms with van der Waals surface area (Å²) >= 11 is 3.19. The standard InChI is InChI=1S/C14H13N3OS2/c1-9-4-5-11(10(15)7-9)20-8-13-16-17-14(18-13)12-3-2-6-19-12/h2-7H,8,15H2,1H3. The SMILES string of the molecule is Cc1ccc(SCc2nnc(-c3cccs3)o2)c(N)c1. The van der Waals surface area contributed by atoms with E-state index in [2.05, 4.69) is 10.2 Å². The van der Waals surface area contributed by atoms with E-state index < -0.39 is 0 Å². The van der Waals surface area contributed by atoms with E-state index in [1.807, 2.05) is 42.6 Å². The molecule has 6 heteroatoms. The first-order valence-corrected chi connectivity index (χ1v) is 7.94. The summed E-state index contributed by atoms with van der Waals surface area (Å²) < 4.78 is 5.64. The molecule has 0 aliphatic carbocycles. The Morgan fingerprint density at radius 3 is 2.95 bits per heavy atom. The number of hydrogen-bond acceptors (Lipinski definition) is 6. The van der Waals surface area contributed by atoms with Crippen LogP contribution in [0.15, 0.2) is 45.0 Å². The maximum absolute atomic E-state index is 5.98. The van der Waals surface area contributed by atoms with Crippen LogP contribution in [-0.4, -0.2) is 10.2 Å². The second-order valence-electron chi connectivity index (χ2n) is 4.31. The van der Waals surface area contributed by atoms with Crippen molar-refractivity contribution < 1.29 is 4.42 Å². The lowest BCUT2D eigenvalue weighted by molar-refractivity contribution is 0.529. The molecule has 0 saturated heterocycles. The van der Waals surface area contributed by atoms with Crippen molar-refractivity contribution in [1.29, 1.82) is 0 Å². The van der Waals surface area contributed by atoms with E-state index in [0.717, 1.165) is 21.0 Å². The Labute approximate surface area is 125 Å². The van der Waals surface area contributed by atoms with E-state index in [1.165, 1.54) is 0 Å². The third kappa shape index (κ3) is 2.86. The summed E-state index contributed by atoms with van der Waals surface area (Å²) in [6.45, 7) is 2.02. The van der Waals surface area contributed by atoms with Crippen molar-refractivity contribution in [2.45, 2.75) is 17.6 Å². The zero-order valence-electron chi connectivity index (χ0n) is 10.9. The van der Waals surface area contributed by atoms with E-state index in [4.69, 9.17) is 10.2 Å². The average Bonchev–Trinajstić information content (AvgIpc) is 3.08. The summed E-state index contributed by atoms with van der Waals surface area (Å²) in [4.78, 5) is 2.02. The quantitative estimate of drug-likeness (QED) is 0.583. The lowest BCUT2D eigenvalue weighted by atomic mass is 10.2. The second-order valence-corrected chi connectivity index (χ2v) is 6.27. The number of nitrogens with two attached hydrogens (primary N) is 1. The van der Waals surface area contributed by atoms with Crippen molar-refractivity contribution in [1.82, 2.24) is 10.2 Å². The molecule has 102 valence electrons. The van der Waals surface area contributed by atoms with Gasteiger partial charge >= 0.3 is 0 Å². The Morgan fingerprint density at radius 1 is 1.30 bits per heavy atom. The highest BCUT2D eigenvalue weighted by Crippen LogP contribution is 2.30. The average molecular weight is 303 g/mol. The zero-order valence-corrected chi connectivity index (χ0v) is 12.5. The van der Waals surface area contributed by atoms with Crippen LogP contribution in [0.3, 0.4) is 0 Å². The van der Waals surface area contributed by atoms with Crippen molar-refractivity contribution in [3.63, 3.8) is 0 Å². The van der Waals surface area contributed by atoms with Gasteiger partial charge in [-0.15, -0.1) is 33.3 Å². The third-order valence-corrected chi connectivity index (χ3v) is 4.65. The summed E-state index contributed by atoms with van der Waals surface area (Å²) in [5.41, 5.74) is 7.92. The van der Waals surface area contributed by atoms with Gasteiger partial charge in [-0.25, -0.2) is 0 Å². The number of aryl methyl sites for hydroxylation is 1. The molecule has 0 aliphatic rings. The highest BCUT2D eigenvalue weighted by atomic mass is 32.2. The normalized spacial score (nSPS) is 10.8. The van der Waals surface area contributed by atoms with E-state index in [0.29, 0.717) is 17.5 Å². The molecule has 3 rings (SSSR count). The Hall–Kier alpha value is -1.79. The number of thioether (sulfide) groups is 1. The van der Waals surface area contributed by atoms with Crippen LogP contribution in [0.2, 0.25) is 0 Å². The first-order chi connectivity index (χ1) is 9.72. The van der Waals surface area contributed by atoms with Gasteiger partial charge < -0.3 is 10.2 Å². The molecule has 2 N–H and O–H groups in total. The molecule has 0 radical (unpaired) electrons. The van der Waals surface area contributed by atoms with Crippen LogP contribution in [0, 0.1) is 6.92 Å². The summed E-state index contributed by atoms with van der Waals surface area (Å²) in [5.74, 6) is 1.80. The number of nitrogens with zero attached hydrogens (tertiary/aromatic N) is 2. The van der Waals surface area contributed by atoms with Crippen molar-refractivity contribution in [2.24, 2.45) is 0 Å². The number of aromatic nitrogens is 2. The minimum Gasteiger partial charge on any atom is -0.419 e. The number of hydrogen-bond donors (Lipinski definition) is 1. The van der Waals surface area contributed by atoms with Crippen LogP contribution in [0.25, 0.3) is 10.8 Å². The monoisotopic (exact) mass is 303 g/mol. The Kier molecular flexibility index (Phi) is 3.75. The molecular weight excluding hydrogens is 290 g/mol. The largest absolute Gasteiger partial charge is 0.419 e. The molecule has 1 aromatic carbocycles. The van der Waals surface area contributed by atoms with E-state index in [9.17, 15) is 0 Å². The van der Waals surface area contributed by atoms with E-state index in [1.54, 1.807) is 23.1 Å². The molecule has 20 heavy (non-hydrogen) atoms. The van der Waals surface area contributed by atoms with Crippen LogP contribution in [0.4, 0.5) is 5.69 Å². The number of benzene rings is 1. The molecule has 0 amide bonds. The van der Waals surface area contributed by atoms with Crippen LogP contribution < -0.4 is 5.73 Å². The Morgan fingerprint density at radius 2 is 2.20 bits per heavy atom. The first-order valence-electron chi connectivity index (χ1n) is 6.07. The molecular formula is C14H13N3OS2. The third-order valence-electron chi connectivity index (χ3n) is 2.72.